The molecule has 86 valence electrons. The van der Waals surface area contributed by atoms with Gasteiger partial charge in [-0.1, -0.05) is 18.5 Å². The zero-order chi connectivity index (χ0) is 11.5. The van der Waals surface area contributed by atoms with Crippen LogP contribution in [0.2, 0.25) is 5.15 Å². The number of aromatic nitrogens is 2. The molecule has 1 saturated heterocycles. The van der Waals surface area contributed by atoms with Gasteiger partial charge >= 0.3 is 0 Å². The predicted octanol–water partition coefficient (Wildman–Crippen LogP) is 1.49. The number of carbonyl (C=O) groups excluding carboxylic acids is 1. The van der Waals surface area contributed by atoms with Crippen LogP contribution in [0.25, 0.3) is 0 Å². The van der Waals surface area contributed by atoms with Crippen LogP contribution in [0.3, 0.4) is 0 Å². The number of hydrogen-bond acceptors (Lipinski definition) is 4. The number of amides is 1. The van der Waals surface area contributed by atoms with Crippen molar-refractivity contribution < 1.29 is 9.53 Å². The average Bonchev–Trinajstić information content (AvgIpc) is 2.64. The molecule has 0 spiro atoms. The summed E-state index contributed by atoms with van der Waals surface area (Å²) in [4.78, 5) is 19.4. The normalized spacial score (nSPS) is 24.4. The van der Waals surface area contributed by atoms with Crippen molar-refractivity contribution in [1.29, 1.82) is 0 Å². The molecule has 0 radical (unpaired) electrons. The fourth-order valence-electron chi connectivity index (χ4n) is 1.63. The van der Waals surface area contributed by atoms with Crippen molar-refractivity contribution in [2.45, 2.75) is 19.4 Å². The van der Waals surface area contributed by atoms with Crippen LogP contribution in [0.1, 0.15) is 13.3 Å². The van der Waals surface area contributed by atoms with E-state index < -0.39 is 6.10 Å². The first-order valence-corrected chi connectivity index (χ1v) is 5.44. The summed E-state index contributed by atoms with van der Waals surface area (Å²) in [5.74, 6) is 0.449. The van der Waals surface area contributed by atoms with Crippen molar-refractivity contribution in [2.24, 2.45) is 5.92 Å². The summed E-state index contributed by atoms with van der Waals surface area (Å²) in [5.41, 5.74) is 0. The van der Waals surface area contributed by atoms with Crippen LogP contribution in [-0.2, 0) is 9.53 Å². The van der Waals surface area contributed by atoms with Gasteiger partial charge in [0.05, 0.1) is 0 Å². The molecule has 1 aliphatic heterocycles. The molecule has 5 nitrogen and oxygen atoms in total. The number of carbonyl (C=O) groups is 1. The number of halogens is 1. The molecule has 2 rings (SSSR count). The Hall–Kier alpha value is -1.20. The number of nitrogens with zero attached hydrogens (tertiary/aromatic N) is 2. The Morgan fingerprint density at radius 1 is 1.62 bits per heavy atom. The first kappa shape index (κ1) is 11.3. The van der Waals surface area contributed by atoms with Crippen molar-refractivity contribution in [1.82, 2.24) is 9.97 Å². The van der Waals surface area contributed by atoms with Crippen molar-refractivity contribution in [2.75, 3.05) is 11.9 Å². The first-order chi connectivity index (χ1) is 7.66. The van der Waals surface area contributed by atoms with Crippen LogP contribution in [0.4, 0.5) is 5.82 Å². The third-order valence-electron chi connectivity index (χ3n) is 2.53. The Morgan fingerprint density at radius 2 is 2.44 bits per heavy atom. The van der Waals surface area contributed by atoms with Gasteiger partial charge in [-0.2, -0.15) is 0 Å². The zero-order valence-corrected chi connectivity index (χ0v) is 9.57. The van der Waals surface area contributed by atoms with Gasteiger partial charge in [-0.3, -0.25) is 4.79 Å². The lowest BCUT2D eigenvalue weighted by Crippen LogP contribution is -2.31. The van der Waals surface area contributed by atoms with Crippen LogP contribution in [0, 0.1) is 5.92 Å². The van der Waals surface area contributed by atoms with E-state index in [0.29, 0.717) is 17.6 Å². The molecule has 1 aromatic rings. The highest BCUT2D eigenvalue weighted by Gasteiger charge is 2.30. The lowest BCUT2D eigenvalue weighted by atomic mass is 10.0. The van der Waals surface area contributed by atoms with Crippen LogP contribution < -0.4 is 5.32 Å². The third kappa shape index (κ3) is 2.48. The third-order valence-corrected chi connectivity index (χ3v) is 2.74. The monoisotopic (exact) mass is 241 g/mol. The smallest absolute Gasteiger partial charge is 0.254 e. The largest absolute Gasteiger partial charge is 0.368 e. The van der Waals surface area contributed by atoms with Crippen molar-refractivity contribution in [3.63, 3.8) is 0 Å². The van der Waals surface area contributed by atoms with E-state index in [0.717, 1.165) is 6.42 Å². The van der Waals surface area contributed by atoms with Gasteiger partial charge in [-0.25, -0.2) is 9.97 Å². The van der Waals surface area contributed by atoms with Gasteiger partial charge in [-0.15, -0.1) is 0 Å². The summed E-state index contributed by atoms with van der Waals surface area (Å²) in [6.07, 6.45) is 1.81. The first-order valence-electron chi connectivity index (χ1n) is 5.07. The van der Waals surface area contributed by atoms with E-state index in [9.17, 15) is 4.79 Å². The van der Waals surface area contributed by atoms with Gasteiger partial charge in [0.2, 0.25) is 0 Å². The van der Waals surface area contributed by atoms with E-state index in [1.165, 1.54) is 12.4 Å². The molecule has 0 bridgehead atoms. The maximum absolute atomic E-state index is 11.8. The molecule has 1 aliphatic rings. The summed E-state index contributed by atoms with van der Waals surface area (Å²) in [7, 11) is 0. The second-order valence-electron chi connectivity index (χ2n) is 3.77. The van der Waals surface area contributed by atoms with Gasteiger partial charge in [0, 0.05) is 12.7 Å². The summed E-state index contributed by atoms with van der Waals surface area (Å²) >= 11 is 5.68. The predicted molar refractivity (Wildman–Crippen MR) is 59.2 cm³/mol. The van der Waals surface area contributed by atoms with Gasteiger partial charge in [0.1, 0.15) is 23.4 Å². The molecule has 0 saturated carbocycles. The highest BCUT2D eigenvalue weighted by atomic mass is 35.5. The maximum atomic E-state index is 11.8. The molecule has 6 heteroatoms. The summed E-state index contributed by atoms with van der Waals surface area (Å²) < 4.78 is 5.34. The molecule has 1 fully saturated rings. The molecule has 1 N–H and O–H groups in total. The van der Waals surface area contributed by atoms with Gasteiger partial charge in [-0.05, 0) is 12.3 Å². The van der Waals surface area contributed by atoms with Crippen molar-refractivity contribution in [3.05, 3.63) is 17.5 Å². The van der Waals surface area contributed by atoms with E-state index in [4.69, 9.17) is 16.3 Å². The lowest BCUT2D eigenvalue weighted by molar-refractivity contribution is -0.126. The Kier molecular flexibility index (Phi) is 3.36. The van der Waals surface area contributed by atoms with E-state index in [1.54, 1.807) is 0 Å². The maximum Gasteiger partial charge on any atom is 0.254 e. The highest BCUT2D eigenvalue weighted by molar-refractivity contribution is 6.29. The molecule has 2 heterocycles. The van der Waals surface area contributed by atoms with Crippen LogP contribution in [0.15, 0.2) is 12.4 Å². The number of rotatable bonds is 2. The minimum atomic E-state index is -0.395. The molecule has 0 aromatic carbocycles. The minimum Gasteiger partial charge on any atom is -0.368 e. The van der Waals surface area contributed by atoms with Crippen molar-refractivity contribution in [3.8, 4) is 0 Å². The molecule has 16 heavy (non-hydrogen) atoms. The Labute approximate surface area is 98.2 Å². The van der Waals surface area contributed by atoms with E-state index >= 15 is 0 Å². The lowest BCUT2D eigenvalue weighted by Gasteiger charge is -2.13. The summed E-state index contributed by atoms with van der Waals surface area (Å²) in [6, 6.07) is 1.50. The van der Waals surface area contributed by atoms with E-state index in [2.05, 4.69) is 15.3 Å². The second kappa shape index (κ2) is 4.76. The van der Waals surface area contributed by atoms with Crippen molar-refractivity contribution >= 4 is 23.3 Å². The second-order valence-corrected chi connectivity index (χ2v) is 4.16. The molecule has 1 amide bonds. The molecule has 2 unspecified atom stereocenters. The molecular weight excluding hydrogens is 230 g/mol. The molecular formula is C10H12ClN3O2. The highest BCUT2D eigenvalue weighted by Crippen LogP contribution is 2.21. The van der Waals surface area contributed by atoms with Crippen LogP contribution in [-0.4, -0.2) is 28.6 Å². The fraction of sp³-hybridized carbons (Fsp3) is 0.500. The Morgan fingerprint density at radius 3 is 3.06 bits per heavy atom. The minimum absolute atomic E-state index is 0.181. The number of nitrogens with one attached hydrogen (secondary N) is 1. The Balaban J connectivity index is 2.02. The molecule has 2 atom stereocenters. The summed E-state index contributed by atoms with van der Waals surface area (Å²) in [5, 5.41) is 2.95. The van der Waals surface area contributed by atoms with E-state index in [1.807, 2.05) is 6.92 Å². The van der Waals surface area contributed by atoms with Gasteiger partial charge in [0.25, 0.3) is 5.91 Å². The summed E-state index contributed by atoms with van der Waals surface area (Å²) in [6.45, 7) is 2.62. The number of anilines is 1. The molecule has 1 aromatic heterocycles. The number of ether oxygens (including phenoxy) is 1. The van der Waals surface area contributed by atoms with E-state index in [-0.39, 0.29) is 11.8 Å². The zero-order valence-electron chi connectivity index (χ0n) is 8.81. The average molecular weight is 242 g/mol. The standard InChI is InChI=1S/C10H12ClN3O2/c1-6-2-3-16-9(6)10(15)14-8-4-7(11)12-5-13-8/h4-6,9H,2-3H2,1H3,(H,12,13,14,15). The fourth-order valence-corrected chi connectivity index (χ4v) is 1.78. The SMILES string of the molecule is CC1CCOC1C(=O)Nc1cc(Cl)ncn1. The number of hydrogen-bond donors (Lipinski definition) is 1. The van der Waals surface area contributed by atoms with Crippen LogP contribution >= 0.6 is 11.6 Å². The quantitative estimate of drug-likeness (QED) is 0.797. The van der Waals surface area contributed by atoms with Gasteiger partial charge in [0.15, 0.2) is 0 Å². The van der Waals surface area contributed by atoms with Crippen LogP contribution in [0.5, 0.6) is 0 Å². The Bertz CT molecular complexity index is 399. The molecule has 0 aliphatic carbocycles. The topological polar surface area (TPSA) is 64.1 Å². The van der Waals surface area contributed by atoms with Gasteiger partial charge < -0.3 is 10.1 Å².